The Morgan fingerprint density at radius 1 is 1.00 bits per heavy atom. The number of amides is 3. The van der Waals surface area contributed by atoms with Gasteiger partial charge in [0.2, 0.25) is 5.91 Å². The van der Waals surface area contributed by atoms with Crippen molar-refractivity contribution in [2.75, 3.05) is 26.2 Å². The van der Waals surface area contributed by atoms with Crippen LogP contribution in [0.25, 0.3) is 0 Å². The summed E-state index contributed by atoms with van der Waals surface area (Å²) in [5.41, 5.74) is 1.04. The first-order valence-corrected chi connectivity index (χ1v) is 8.00. The second-order valence-corrected chi connectivity index (χ2v) is 6.13. The smallest absolute Gasteiger partial charge is 0.253 e. The van der Waals surface area contributed by atoms with Crippen LogP contribution in [0.3, 0.4) is 0 Å². The second kappa shape index (κ2) is 6.40. The molecule has 6 heteroatoms. The van der Waals surface area contributed by atoms with Gasteiger partial charge in [0.1, 0.15) is 0 Å². The van der Waals surface area contributed by atoms with E-state index in [1.165, 1.54) is 0 Å². The Kier molecular flexibility index (Phi) is 4.32. The average Bonchev–Trinajstić information content (AvgIpc) is 3.38. The van der Waals surface area contributed by atoms with Gasteiger partial charge in [0.25, 0.3) is 11.8 Å². The highest BCUT2D eigenvalue weighted by atomic mass is 16.2. The van der Waals surface area contributed by atoms with Crippen molar-refractivity contribution in [2.45, 2.75) is 25.8 Å². The van der Waals surface area contributed by atoms with E-state index in [1.807, 2.05) is 0 Å². The molecule has 2 fully saturated rings. The van der Waals surface area contributed by atoms with Gasteiger partial charge in [-0.05, 0) is 31.0 Å². The average molecular weight is 315 g/mol. The van der Waals surface area contributed by atoms with Gasteiger partial charge in [0, 0.05) is 50.3 Å². The van der Waals surface area contributed by atoms with Gasteiger partial charge in [-0.15, -0.1) is 0 Å². The third-order valence-corrected chi connectivity index (χ3v) is 4.30. The second-order valence-electron chi connectivity index (χ2n) is 6.13. The van der Waals surface area contributed by atoms with Gasteiger partial charge < -0.3 is 15.1 Å². The first-order chi connectivity index (χ1) is 11.0. The lowest BCUT2D eigenvalue weighted by atomic mass is 10.1. The Balaban J connectivity index is 1.65. The van der Waals surface area contributed by atoms with Gasteiger partial charge in [-0.2, -0.15) is 0 Å². The number of hydrogen-bond donors (Lipinski definition) is 1. The number of piperazine rings is 1. The van der Waals surface area contributed by atoms with Crippen LogP contribution in [0.4, 0.5) is 0 Å². The van der Waals surface area contributed by atoms with E-state index in [-0.39, 0.29) is 17.7 Å². The van der Waals surface area contributed by atoms with Gasteiger partial charge in [-0.25, -0.2) is 0 Å². The molecule has 122 valence electrons. The normalized spacial score (nSPS) is 17.8. The van der Waals surface area contributed by atoms with E-state index < -0.39 is 0 Å². The predicted molar refractivity (Wildman–Crippen MR) is 85.1 cm³/mol. The number of benzene rings is 1. The van der Waals surface area contributed by atoms with Crippen molar-refractivity contribution in [1.82, 2.24) is 15.1 Å². The van der Waals surface area contributed by atoms with Gasteiger partial charge in [-0.3, -0.25) is 14.4 Å². The molecule has 0 bridgehead atoms. The molecule has 3 rings (SSSR count). The summed E-state index contributed by atoms with van der Waals surface area (Å²) in [7, 11) is 0. The molecule has 1 saturated heterocycles. The summed E-state index contributed by atoms with van der Waals surface area (Å²) >= 11 is 0. The van der Waals surface area contributed by atoms with Crippen molar-refractivity contribution < 1.29 is 14.4 Å². The summed E-state index contributed by atoms with van der Waals surface area (Å²) in [5.74, 6) is -0.173. The van der Waals surface area contributed by atoms with Crippen LogP contribution >= 0.6 is 0 Å². The van der Waals surface area contributed by atoms with Crippen molar-refractivity contribution >= 4 is 17.7 Å². The van der Waals surface area contributed by atoms with Crippen LogP contribution in [0, 0.1) is 0 Å². The molecule has 6 nitrogen and oxygen atoms in total. The first-order valence-electron chi connectivity index (χ1n) is 8.00. The van der Waals surface area contributed by atoms with Gasteiger partial charge in [0.15, 0.2) is 0 Å². The van der Waals surface area contributed by atoms with E-state index in [9.17, 15) is 14.4 Å². The molecule has 0 unspecified atom stereocenters. The molecule has 0 aromatic heterocycles. The highest BCUT2D eigenvalue weighted by Gasteiger charge is 2.25. The highest BCUT2D eigenvalue weighted by molar-refractivity contribution is 6.00. The minimum absolute atomic E-state index is 0.0378. The molecular weight excluding hydrogens is 294 g/mol. The predicted octanol–water partition coefficient (Wildman–Crippen LogP) is 0.883. The van der Waals surface area contributed by atoms with E-state index >= 15 is 0 Å². The molecule has 0 atom stereocenters. The van der Waals surface area contributed by atoms with Gasteiger partial charge in [0.05, 0.1) is 0 Å². The Bertz CT molecular complexity index is 632. The van der Waals surface area contributed by atoms with E-state index in [0.29, 0.717) is 43.3 Å². The highest BCUT2D eigenvalue weighted by Crippen LogP contribution is 2.19. The van der Waals surface area contributed by atoms with Gasteiger partial charge in [-0.1, -0.05) is 6.07 Å². The molecule has 0 spiro atoms. The van der Waals surface area contributed by atoms with Gasteiger partial charge >= 0.3 is 0 Å². The molecule has 0 radical (unpaired) electrons. The van der Waals surface area contributed by atoms with Crippen LogP contribution < -0.4 is 5.32 Å². The fourth-order valence-corrected chi connectivity index (χ4v) is 2.70. The zero-order valence-corrected chi connectivity index (χ0v) is 13.2. The molecule has 23 heavy (non-hydrogen) atoms. The minimum atomic E-state index is -0.122. The summed E-state index contributed by atoms with van der Waals surface area (Å²) in [4.78, 5) is 39.5. The maximum Gasteiger partial charge on any atom is 0.253 e. The maximum absolute atomic E-state index is 12.6. The number of carbonyl (C=O) groups excluding carboxylic acids is 3. The Morgan fingerprint density at radius 2 is 1.61 bits per heavy atom. The standard InChI is InChI=1S/C17H21N3O3/c1-12(21)19-7-9-20(10-8-19)17(23)14-4-2-3-13(11-14)16(22)18-15-5-6-15/h2-4,11,15H,5-10H2,1H3,(H,18,22). The van der Waals surface area contributed by atoms with E-state index in [2.05, 4.69) is 5.32 Å². The molecule has 1 aromatic rings. The maximum atomic E-state index is 12.6. The molecule has 2 aliphatic rings. The molecular formula is C17H21N3O3. The SMILES string of the molecule is CC(=O)N1CCN(C(=O)c2cccc(C(=O)NC3CC3)c2)CC1. The lowest BCUT2D eigenvalue weighted by Gasteiger charge is -2.34. The number of carbonyl (C=O) groups is 3. The largest absolute Gasteiger partial charge is 0.349 e. The van der Waals surface area contributed by atoms with Crippen LogP contribution in [-0.4, -0.2) is 59.7 Å². The molecule has 1 aliphatic carbocycles. The third-order valence-electron chi connectivity index (χ3n) is 4.30. The third kappa shape index (κ3) is 3.70. The lowest BCUT2D eigenvalue weighted by molar-refractivity contribution is -0.130. The molecule has 1 aliphatic heterocycles. The van der Waals surface area contributed by atoms with E-state index in [4.69, 9.17) is 0 Å². The van der Waals surface area contributed by atoms with Crippen molar-refractivity contribution in [3.63, 3.8) is 0 Å². The number of nitrogens with one attached hydrogen (secondary N) is 1. The summed E-state index contributed by atoms with van der Waals surface area (Å²) < 4.78 is 0. The van der Waals surface area contributed by atoms with Crippen molar-refractivity contribution in [1.29, 1.82) is 0 Å². The Morgan fingerprint density at radius 3 is 2.22 bits per heavy atom. The monoisotopic (exact) mass is 315 g/mol. The zero-order chi connectivity index (χ0) is 16.4. The number of nitrogens with zero attached hydrogens (tertiary/aromatic N) is 2. The fraction of sp³-hybridized carbons (Fsp3) is 0.471. The van der Waals surface area contributed by atoms with Crippen LogP contribution in [0.2, 0.25) is 0 Å². The minimum Gasteiger partial charge on any atom is -0.349 e. The quantitative estimate of drug-likeness (QED) is 0.900. The van der Waals surface area contributed by atoms with Crippen molar-refractivity contribution in [2.24, 2.45) is 0 Å². The number of hydrogen-bond acceptors (Lipinski definition) is 3. The lowest BCUT2D eigenvalue weighted by Crippen LogP contribution is -2.50. The summed E-state index contributed by atoms with van der Waals surface area (Å²) in [6.07, 6.45) is 2.07. The fourth-order valence-electron chi connectivity index (χ4n) is 2.70. The van der Waals surface area contributed by atoms with Crippen molar-refractivity contribution in [3.05, 3.63) is 35.4 Å². The van der Waals surface area contributed by atoms with Crippen LogP contribution in [0.5, 0.6) is 0 Å². The Hall–Kier alpha value is -2.37. The summed E-state index contributed by atoms with van der Waals surface area (Å²) in [6, 6.07) is 7.13. The molecule has 1 N–H and O–H groups in total. The first kappa shape index (κ1) is 15.5. The zero-order valence-electron chi connectivity index (χ0n) is 13.2. The topological polar surface area (TPSA) is 69.7 Å². The Labute approximate surface area is 135 Å². The van der Waals surface area contributed by atoms with Crippen LogP contribution in [-0.2, 0) is 4.79 Å². The molecule has 1 heterocycles. The van der Waals surface area contributed by atoms with Crippen LogP contribution in [0.1, 0.15) is 40.5 Å². The van der Waals surface area contributed by atoms with E-state index in [0.717, 1.165) is 12.8 Å². The van der Waals surface area contributed by atoms with Crippen LogP contribution in [0.15, 0.2) is 24.3 Å². The summed E-state index contributed by atoms with van der Waals surface area (Å²) in [5, 5.41) is 2.93. The molecule has 1 aromatic carbocycles. The number of rotatable bonds is 3. The molecule has 3 amide bonds. The van der Waals surface area contributed by atoms with Crippen molar-refractivity contribution in [3.8, 4) is 0 Å². The van der Waals surface area contributed by atoms with E-state index in [1.54, 1.807) is 41.0 Å². The summed E-state index contributed by atoms with van der Waals surface area (Å²) in [6.45, 7) is 3.71. The molecule has 1 saturated carbocycles.